The third kappa shape index (κ3) is 4.49. The average molecular weight is 408 g/mol. The van der Waals surface area contributed by atoms with E-state index in [0.717, 1.165) is 35.7 Å². The predicted octanol–water partition coefficient (Wildman–Crippen LogP) is 5.35. The molecule has 0 unspecified atom stereocenters. The first-order valence-electron chi connectivity index (χ1n) is 9.61. The number of rotatable bonds is 4. The minimum absolute atomic E-state index is 0.327. The molecule has 29 heavy (non-hydrogen) atoms. The first-order valence-corrected chi connectivity index (χ1v) is 9.98. The fraction of sp³-hybridized carbons (Fsp3) is 0.227. The second-order valence-corrected chi connectivity index (χ2v) is 7.48. The molecule has 2 heterocycles. The molecule has 0 radical (unpaired) electrons. The lowest BCUT2D eigenvalue weighted by Gasteiger charge is -2.19. The lowest BCUT2D eigenvalue weighted by Crippen LogP contribution is -2.20. The fourth-order valence-corrected chi connectivity index (χ4v) is 3.62. The number of hydrogen-bond acceptors (Lipinski definition) is 4. The summed E-state index contributed by atoms with van der Waals surface area (Å²) in [6, 6.07) is 12.7. The molecule has 0 atom stereocenters. The number of nitrogens with zero attached hydrogens (tertiary/aromatic N) is 3. The van der Waals surface area contributed by atoms with Crippen molar-refractivity contribution in [3.05, 3.63) is 65.4 Å². The number of aryl methyl sites for hydroxylation is 1. The largest absolute Gasteiger partial charge is 0.355 e. The number of halogens is 1. The summed E-state index contributed by atoms with van der Waals surface area (Å²) < 4.78 is 0. The highest BCUT2D eigenvalue weighted by molar-refractivity contribution is 6.31. The SMILES string of the molecule is Cc1ccc(Cl)cc1NC(=O)Nc1cccc(-c2nccnc2N2CCCC2)c1. The van der Waals surface area contributed by atoms with E-state index in [2.05, 4.69) is 25.5 Å². The van der Waals surface area contributed by atoms with Crippen molar-refractivity contribution >= 4 is 34.8 Å². The van der Waals surface area contributed by atoms with E-state index in [1.54, 1.807) is 24.5 Å². The zero-order chi connectivity index (χ0) is 20.2. The Bertz CT molecular complexity index is 1030. The maximum absolute atomic E-state index is 12.5. The van der Waals surface area contributed by atoms with Crippen molar-refractivity contribution in [1.29, 1.82) is 0 Å². The van der Waals surface area contributed by atoms with E-state index in [0.29, 0.717) is 16.4 Å². The van der Waals surface area contributed by atoms with Crippen LogP contribution in [0.3, 0.4) is 0 Å². The van der Waals surface area contributed by atoms with E-state index in [4.69, 9.17) is 11.6 Å². The molecule has 4 rings (SSSR count). The summed E-state index contributed by atoms with van der Waals surface area (Å²) in [5, 5.41) is 6.30. The number of benzene rings is 2. The molecule has 0 aliphatic carbocycles. The van der Waals surface area contributed by atoms with Gasteiger partial charge in [0.05, 0.1) is 0 Å². The van der Waals surface area contributed by atoms with Gasteiger partial charge < -0.3 is 15.5 Å². The van der Waals surface area contributed by atoms with Gasteiger partial charge in [-0.15, -0.1) is 0 Å². The molecule has 0 spiro atoms. The minimum atomic E-state index is -0.327. The van der Waals surface area contributed by atoms with Gasteiger partial charge in [0.25, 0.3) is 0 Å². The van der Waals surface area contributed by atoms with Crippen LogP contribution in [0.5, 0.6) is 0 Å². The monoisotopic (exact) mass is 407 g/mol. The molecule has 0 saturated carbocycles. The minimum Gasteiger partial charge on any atom is -0.355 e. The summed E-state index contributed by atoms with van der Waals surface area (Å²) in [6.07, 6.45) is 5.76. The molecule has 2 amide bonds. The van der Waals surface area contributed by atoms with Crippen LogP contribution in [0, 0.1) is 6.92 Å². The molecule has 2 aromatic carbocycles. The summed E-state index contributed by atoms with van der Waals surface area (Å²) in [5.74, 6) is 0.890. The summed E-state index contributed by atoms with van der Waals surface area (Å²) in [4.78, 5) is 23.8. The molecule has 1 saturated heterocycles. The lowest BCUT2D eigenvalue weighted by molar-refractivity contribution is 0.262. The van der Waals surface area contributed by atoms with Gasteiger partial charge in [-0.25, -0.2) is 9.78 Å². The Morgan fingerprint density at radius 3 is 2.66 bits per heavy atom. The molecule has 3 aromatic rings. The highest BCUT2D eigenvalue weighted by Crippen LogP contribution is 2.30. The Morgan fingerprint density at radius 2 is 1.83 bits per heavy atom. The van der Waals surface area contributed by atoms with Crippen LogP contribution in [0.25, 0.3) is 11.3 Å². The smallest absolute Gasteiger partial charge is 0.323 e. The van der Waals surface area contributed by atoms with Crippen molar-refractivity contribution in [3.8, 4) is 11.3 Å². The van der Waals surface area contributed by atoms with Crippen molar-refractivity contribution in [2.75, 3.05) is 28.6 Å². The molecule has 148 valence electrons. The van der Waals surface area contributed by atoms with Crippen LogP contribution in [-0.4, -0.2) is 29.1 Å². The Balaban J connectivity index is 1.54. The number of carbonyl (C=O) groups is 1. The van der Waals surface area contributed by atoms with E-state index in [9.17, 15) is 4.79 Å². The Kier molecular flexibility index (Phi) is 5.62. The van der Waals surface area contributed by atoms with Gasteiger partial charge in [0.2, 0.25) is 0 Å². The van der Waals surface area contributed by atoms with E-state index in [-0.39, 0.29) is 6.03 Å². The van der Waals surface area contributed by atoms with Crippen LogP contribution >= 0.6 is 11.6 Å². The molecule has 0 bridgehead atoms. The van der Waals surface area contributed by atoms with Gasteiger partial charge in [-0.2, -0.15) is 0 Å². The van der Waals surface area contributed by atoms with E-state index < -0.39 is 0 Å². The maximum atomic E-state index is 12.5. The van der Waals surface area contributed by atoms with Crippen molar-refractivity contribution in [2.45, 2.75) is 19.8 Å². The van der Waals surface area contributed by atoms with Crippen molar-refractivity contribution in [3.63, 3.8) is 0 Å². The molecule has 6 nitrogen and oxygen atoms in total. The van der Waals surface area contributed by atoms with E-state index in [1.807, 2.05) is 37.3 Å². The molecule has 1 fully saturated rings. The van der Waals surface area contributed by atoms with Gasteiger partial charge in [-0.05, 0) is 49.6 Å². The fourth-order valence-electron chi connectivity index (χ4n) is 3.45. The standard InChI is InChI=1S/C22H22ClN5O/c1-15-7-8-17(23)14-19(15)27-22(29)26-18-6-4-5-16(13-18)20-21(25-10-9-24-20)28-11-2-3-12-28/h4-10,13-14H,2-3,11-12H2,1H3,(H2,26,27,29). The van der Waals surface area contributed by atoms with Crippen LogP contribution in [0.15, 0.2) is 54.9 Å². The third-order valence-electron chi connectivity index (χ3n) is 4.93. The number of anilines is 3. The van der Waals surface area contributed by atoms with Gasteiger partial charge in [0.15, 0.2) is 5.82 Å². The van der Waals surface area contributed by atoms with Gasteiger partial charge in [-0.1, -0.05) is 29.8 Å². The summed E-state index contributed by atoms with van der Waals surface area (Å²) >= 11 is 6.03. The van der Waals surface area contributed by atoms with E-state index >= 15 is 0 Å². The van der Waals surface area contributed by atoms with Crippen LogP contribution in [0.1, 0.15) is 18.4 Å². The number of amides is 2. The summed E-state index contributed by atoms with van der Waals surface area (Å²) in [7, 11) is 0. The number of hydrogen-bond donors (Lipinski definition) is 2. The first-order chi connectivity index (χ1) is 14.1. The van der Waals surface area contributed by atoms with Gasteiger partial charge in [0.1, 0.15) is 5.69 Å². The third-order valence-corrected chi connectivity index (χ3v) is 5.16. The van der Waals surface area contributed by atoms with Crippen LogP contribution in [0.2, 0.25) is 5.02 Å². The van der Waals surface area contributed by atoms with E-state index in [1.165, 1.54) is 12.8 Å². The van der Waals surface area contributed by atoms with Crippen LogP contribution in [-0.2, 0) is 0 Å². The number of aromatic nitrogens is 2. The highest BCUT2D eigenvalue weighted by atomic mass is 35.5. The highest BCUT2D eigenvalue weighted by Gasteiger charge is 2.19. The van der Waals surface area contributed by atoms with Gasteiger partial charge in [0, 0.05) is 47.4 Å². The van der Waals surface area contributed by atoms with Crippen LogP contribution < -0.4 is 15.5 Å². The molecule has 1 aliphatic rings. The van der Waals surface area contributed by atoms with Crippen LogP contribution in [0.4, 0.5) is 22.0 Å². The molecular weight excluding hydrogens is 386 g/mol. The number of nitrogens with one attached hydrogen (secondary N) is 2. The first kappa shape index (κ1) is 19.2. The Labute approximate surface area is 174 Å². The van der Waals surface area contributed by atoms with Gasteiger partial charge in [-0.3, -0.25) is 4.98 Å². The number of urea groups is 1. The molecule has 1 aromatic heterocycles. The maximum Gasteiger partial charge on any atom is 0.323 e. The molecule has 2 N–H and O–H groups in total. The Hall–Kier alpha value is -3.12. The average Bonchev–Trinajstić information content (AvgIpc) is 3.26. The quantitative estimate of drug-likeness (QED) is 0.611. The zero-order valence-electron chi connectivity index (χ0n) is 16.2. The number of carbonyl (C=O) groups excluding carboxylic acids is 1. The van der Waals surface area contributed by atoms with Gasteiger partial charge >= 0.3 is 6.03 Å². The predicted molar refractivity (Wildman–Crippen MR) is 118 cm³/mol. The molecule has 7 heteroatoms. The molecule has 1 aliphatic heterocycles. The molecular formula is C22H22ClN5O. The lowest BCUT2D eigenvalue weighted by atomic mass is 10.1. The van der Waals surface area contributed by atoms with Crippen molar-refractivity contribution in [1.82, 2.24) is 9.97 Å². The van der Waals surface area contributed by atoms with Crippen molar-refractivity contribution < 1.29 is 4.79 Å². The zero-order valence-corrected chi connectivity index (χ0v) is 16.9. The normalized spacial score (nSPS) is 13.4. The summed E-state index contributed by atoms with van der Waals surface area (Å²) in [5.41, 5.74) is 4.03. The Morgan fingerprint density at radius 1 is 1.03 bits per heavy atom. The van der Waals surface area contributed by atoms with Crippen molar-refractivity contribution in [2.24, 2.45) is 0 Å². The second kappa shape index (κ2) is 8.49. The topological polar surface area (TPSA) is 70.1 Å². The second-order valence-electron chi connectivity index (χ2n) is 7.04. The summed E-state index contributed by atoms with van der Waals surface area (Å²) in [6.45, 7) is 3.90.